The molecular weight excluding hydrogens is 242 g/mol. The van der Waals surface area contributed by atoms with Crippen LogP contribution < -0.4 is 5.32 Å². The maximum Gasteiger partial charge on any atom is 0.216 e. The molecule has 0 amide bonds. The molecule has 0 unspecified atom stereocenters. The molecule has 3 rings (SSSR count). The molecule has 0 spiro atoms. The summed E-state index contributed by atoms with van der Waals surface area (Å²) in [5, 5.41) is 19.3. The van der Waals surface area contributed by atoms with Crippen LogP contribution in [0.1, 0.15) is 31.0 Å². The van der Waals surface area contributed by atoms with Gasteiger partial charge >= 0.3 is 0 Å². The molecule has 0 aromatic carbocycles. The molecular formula is C13H17N5O. The van der Waals surface area contributed by atoms with Gasteiger partial charge in [0, 0.05) is 25.6 Å². The maximum atomic E-state index is 5.43. The van der Waals surface area contributed by atoms with E-state index in [2.05, 4.69) is 25.7 Å². The molecule has 100 valence electrons. The molecule has 0 radical (unpaired) electrons. The highest BCUT2D eigenvalue weighted by molar-refractivity contribution is 5.33. The molecule has 6 nitrogen and oxygen atoms in total. The Labute approximate surface area is 111 Å². The van der Waals surface area contributed by atoms with E-state index < -0.39 is 0 Å². The van der Waals surface area contributed by atoms with Gasteiger partial charge in [-0.05, 0) is 37.3 Å². The van der Waals surface area contributed by atoms with Gasteiger partial charge in [0.15, 0.2) is 0 Å². The molecule has 19 heavy (non-hydrogen) atoms. The summed E-state index contributed by atoms with van der Waals surface area (Å²) in [4.78, 5) is 0. The van der Waals surface area contributed by atoms with Crippen LogP contribution in [0.2, 0.25) is 0 Å². The normalized spacial score (nSPS) is 22.6. The van der Waals surface area contributed by atoms with Gasteiger partial charge in [0.2, 0.25) is 11.8 Å². The van der Waals surface area contributed by atoms with Crippen LogP contribution >= 0.6 is 0 Å². The van der Waals surface area contributed by atoms with E-state index >= 15 is 0 Å². The molecule has 1 saturated carbocycles. The van der Waals surface area contributed by atoms with Gasteiger partial charge in [-0.15, -0.1) is 15.3 Å². The highest BCUT2D eigenvalue weighted by Crippen LogP contribution is 2.30. The molecule has 2 aromatic rings. The Morgan fingerprint density at radius 1 is 1.32 bits per heavy atom. The van der Waals surface area contributed by atoms with Crippen molar-refractivity contribution in [3.8, 4) is 0 Å². The predicted molar refractivity (Wildman–Crippen MR) is 69.5 cm³/mol. The van der Waals surface area contributed by atoms with E-state index in [1.807, 2.05) is 19.1 Å². The van der Waals surface area contributed by atoms with Crippen LogP contribution in [0.5, 0.6) is 0 Å². The van der Waals surface area contributed by atoms with Crippen LogP contribution in [0.3, 0.4) is 0 Å². The Kier molecular flexibility index (Phi) is 3.39. The van der Waals surface area contributed by atoms with Crippen LogP contribution in [0.25, 0.3) is 0 Å². The summed E-state index contributed by atoms with van der Waals surface area (Å²) in [7, 11) is 0. The third-order valence-corrected chi connectivity index (χ3v) is 3.50. The van der Waals surface area contributed by atoms with Gasteiger partial charge in [-0.25, -0.2) is 0 Å². The SMILES string of the molecule is Cc1nnc(C[C@@H]2CC[C@H](Nc3cccnn3)C2)o1. The highest BCUT2D eigenvalue weighted by Gasteiger charge is 2.26. The van der Waals surface area contributed by atoms with Crippen molar-refractivity contribution in [1.82, 2.24) is 20.4 Å². The first kappa shape index (κ1) is 12.1. The molecule has 1 N–H and O–H groups in total. The lowest BCUT2D eigenvalue weighted by Crippen LogP contribution is -2.17. The second-order valence-corrected chi connectivity index (χ2v) is 5.05. The fraction of sp³-hybridized carbons (Fsp3) is 0.538. The predicted octanol–water partition coefficient (Wildman–Crippen LogP) is 1.99. The topological polar surface area (TPSA) is 76.7 Å². The van der Waals surface area contributed by atoms with Crippen LogP contribution in [-0.4, -0.2) is 26.4 Å². The van der Waals surface area contributed by atoms with E-state index in [1.54, 1.807) is 6.20 Å². The van der Waals surface area contributed by atoms with E-state index in [0.29, 0.717) is 17.9 Å². The summed E-state index contributed by atoms with van der Waals surface area (Å²) in [6.07, 6.45) is 5.99. The van der Waals surface area contributed by atoms with Crippen molar-refractivity contribution in [2.75, 3.05) is 5.32 Å². The zero-order valence-corrected chi connectivity index (χ0v) is 10.9. The number of aromatic nitrogens is 4. The van der Waals surface area contributed by atoms with Crippen molar-refractivity contribution < 1.29 is 4.42 Å². The summed E-state index contributed by atoms with van der Waals surface area (Å²) in [5.74, 6) is 2.85. The minimum Gasteiger partial charge on any atom is -0.426 e. The van der Waals surface area contributed by atoms with Crippen molar-refractivity contribution in [1.29, 1.82) is 0 Å². The second kappa shape index (κ2) is 5.34. The largest absolute Gasteiger partial charge is 0.426 e. The van der Waals surface area contributed by atoms with Gasteiger partial charge in [0.05, 0.1) is 0 Å². The first-order valence-electron chi connectivity index (χ1n) is 6.63. The van der Waals surface area contributed by atoms with Crippen molar-refractivity contribution in [3.63, 3.8) is 0 Å². The fourth-order valence-electron chi connectivity index (χ4n) is 2.65. The van der Waals surface area contributed by atoms with Crippen LogP contribution in [-0.2, 0) is 6.42 Å². The Morgan fingerprint density at radius 3 is 3.00 bits per heavy atom. The molecule has 0 aliphatic heterocycles. The first-order chi connectivity index (χ1) is 9.29. The lowest BCUT2D eigenvalue weighted by molar-refractivity contribution is 0.416. The summed E-state index contributed by atoms with van der Waals surface area (Å²) in [6, 6.07) is 4.30. The lowest BCUT2D eigenvalue weighted by Gasteiger charge is -2.12. The summed E-state index contributed by atoms with van der Waals surface area (Å²) < 4.78 is 5.43. The number of hydrogen-bond donors (Lipinski definition) is 1. The van der Waals surface area contributed by atoms with E-state index in [-0.39, 0.29) is 0 Å². The molecule has 0 saturated heterocycles. The van der Waals surface area contributed by atoms with Crippen molar-refractivity contribution in [2.24, 2.45) is 5.92 Å². The number of rotatable bonds is 4. The standard InChI is InChI=1S/C13H17N5O/c1-9-16-18-13(19-9)8-10-4-5-11(7-10)15-12-3-2-6-14-17-12/h2-3,6,10-11H,4-5,7-8H2,1H3,(H,15,17)/t10-,11+/m1/s1. The van der Waals surface area contributed by atoms with Gasteiger partial charge in [0.25, 0.3) is 0 Å². The highest BCUT2D eigenvalue weighted by atomic mass is 16.4. The van der Waals surface area contributed by atoms with Crippen molar-refractivity contribution >= 4 is 5.82 Å². The molecule has 6 heteroatoms. The Hall–Kier alpha value is -1.98. The van der Waals surface area contributed by atoms with E-state index in [9.17, 15) is 0 Å². The maximum absolute atomic E-state index is 5.43. The van der Waals surface area contributed by atoms with Gasteiger partial charge in [-0.2, -0.15) is 5.10 Å². The average molecular weight is 259 g/mol. The number of hydrogen-bond acceptors (Lipinski definition) is 6. The molecule has 1 aliphatic rings. The molecule has 1 aliphatic carbocycles. The zero-order valence-electron chi connectivity index (χ0n) is 10.9. The number of nitrogens with zero attached hydrogens (tertiary/aromatic N) is 4. The second-order valence-electron chi connectivity index (χ2n) is 5.05. The van der Waals surface area contributed by atoms with Crippen molar-refractivity contribution in [3.05, 3.63) is 30.1 Å². The number of anilines is 1. The van der Waals surface area contributed by atoms with Crippen LogP contribution in [0.4, 0.5) is 5.82 Å². The average Bonchev–Trinajstić information content (AvgIpc) is 3.01. The first-order valence-corrected chi connectivity index (χ1v) is 6.63. The molecule has 1 fully saturated rings. The molecule has 2 atom stereocenters. The third-order valence-electron chi connectivity index (χ3n) is 3.50. The number of nitrogens with one attached hydrogen (secondary N) is 1. The fourth-order valence-corrected chi connectivity index (χ4v) is 2.65. The Bertz CT molecular complexity index is 527. The van der Waals surface area contributed by atoms with Gasteiger partial charge in [-0.1, -0.05) is 0 Å². The third kappa shape index (κ3) is 3.07. The molecule has 2 aromatic heterocycles. The van der Waals surface area contributed by atoms with Gasteiger partial charge in [-0.3, -0.25) is 0 Å². The van der Waals surface area contributed by atoms with Crippen LogP contribution in [0, 0.1) is 12.8 Å². The summed E-state index contributed by atoms with van der Waals surface area (Å²) in [6.45, 7) is 1.82. The van der Waals surface area contributed by atoms with E-state index in [4.69, 9.17) is 4.42 Å². The Balaban J connectivity index is 1.53. The van der Waals surface area contributed by atoms with Crippen molar-refractivity contribution in [2.45, 2.75) is 38.6 Å². The minimum atomic E-state index is 0.464. The zero-order chi connectivity index (χ0) is 13.1. The number of aryl methyl sites for hydroxylation is 1. The quantitative estimate of drug-likeness (QED) is 0.904. The summed E-state index contributed by atoms with van der Waals surface area (Å²) in [5.41, 5.74) is 0. The smallest absolute Gasteiger partial charge is 0.216 e. The van der Waals surface area contributed by atoms with E-state index in [1.165, 1.54) is 6.42 Å². The van der Waals surface area contributed by atoms with Crippen LogP contribution in [0.15, 0.2) is 22.7 Å². The van der Waals surface area contributed by atoms with E-state index in [0.717, 1.165) is 31.0 Å². The lowest BCUT2D eigenvalue weighted by atomic mass is 10.0. The van der Waals surface area contributed by atoms with Gasteiger partial charge < -0.3 is 9.73 Å². The monoisotopic (exact) mass is 259 g/mol. The Morgan fingerprint density at radius 2 is 2.26 bits per heavy atom. The molecule has 0 bridgehead atoms. The minimum absolute atomic E-state index is 0.464. The molecule has 2 heterocycles. The summed E-state index contributed by atoms with van der Waals surface area (Å²) >= 11 is 0. The van der Waals surface area contributed by atoms with Gasteiger partial charge in [0.1, 0.15) is 5.82 Å².